The van der Waals surface area contributed by atoms with Crippen molar-refractivity contribution in [2.24, 2.45) is 5.73 Å². The number of nitrogens with two attached hydrogens (primary N) is 1. The molecule has 0 atom stereocenters. The van der Waals surface area contributed by atoms with E-state index < -0.39 is 0 Å². The number of hydrogen-bond donors (Lipinski definition) is 1. The van der Waals surface area contributed by atoms with Gasteiger partial charge in [-0.3, -0.25) is 0 Å². The fourth-order valence-electron chi connectivity index (χ4n) is 1.81. The van der Waals surface area contributed by atoms with Gasteiger partial charge in [-0.15, -0.1) is 34.0 Å². The largest absolute Gasteiger partial charge is 0.330 e. The molecule has 0 aliphatic heterocycles. The topological polar surface area (TPSA) is 26.0 Å². The first-order chi connectivity index (χ1) is 8.86. The van der Waals surface area contributed by atoms with Crippen LogP contribution in [-0.4, -0.2) is 6.54 Å². The second-order valence-corrected chi connectivity index (χ2v) is 7.15. The fourth-order valence-corrected chi connectivity index (χ4v) is 4.76. The van der Waals surface area contributed by atoms with Crippen LogP contribution in [0.15, 0.2) is 41.8 Å². The summed E-state index contributed by atoms with van der Waals surface area (Å²) in [5.41, 5.74) is 5.59. The van der Waals surface area contributed by atoms with Crippen LogP contribution in [0.2, 0.25) is 0 Å². The van der Waals surface area contributed by atoms with Gasteiger partial charge in [0.25, 0.3) is 0 Å². The van der Waals surface area contributed by atoms with Crippen LogP contribution in [0.4, 0.5) is 0 Å². The summed E-state index contributed by atoms with van der Waals surface area (Å²) in [6, 6.07) is 13.1. The average Bonchev–Trinajstić information content (AvgIpc) is 3.10. The van der Waals surface area contributed by atoms with Crippen LogP contribution in [0.5, 0.6) is 0 Å². The van der Waals surface area contributed by atoms with Crippen LogP contribution < -0.4 is 5.73 Å². The SMILES string of the molecule is NCCc1ccc(-c2ccc(-c3cccs3)s2)s1. The van der Waals surface area contributed by atoms with Crippen molar-refractivity contribution >= 4 is 34.0 Å². The summed E-state index contributed by atoms with van der Waals surface area (Å²) >= 11 is 5.51. The van der Waals surface area contributed by atoms with E-state index in [0.717, 1.165) is 13.0 Å². The maximum absolute atomic E-state index is 5.59. The first-order valence-electron chi connectivity index (χ1n) is 5.79. The van der Waals surface area contributed by atoms with Crippen LogP contribution in [-0.2, 0) is 6.42 Å². The van der Waals surface area contributed by atoms with Crippen LogP contribution in [0.3, 0.4) is 0 Å². The monoisotopic (exact) mass is 291 g/mol. The maximum atomic E-state index is 5.59. The van der Waals surface area contributed by atoms with Gasteiger partial charge in [-0.25, -0.2) is 0 Å². The lowest BCUT2D eigenvalue weighted by molar-refractivity contribution is 0.989. The molecule has 92 valence electrons. The first-order valence-corrected chi connectivity index (χ1v) is 8.31. The van der Waals surface area contributed by atoms with Crippen LogP contribution in [0.1, 0.15) is 4.88 Å². The Morgan fingerprint density at radius 2 is 1.56 bits per heavy atom. The van der Waals surface area contributed by atoms with Gasteiger partial charge in [0.1, 0.15) is 0 Å². The summed E-state index contributed by atoms with van der Waals surface area (Å²) in [4.78, 5) is 6.79. The molecule has 0 fully saturated rings. The molecule has 3 rings (SSSR count). The smallest absolute Gasteiger partial charge is 0.0449 e. The Bertz CT molecular complexity index is 619. The standard InChI is InChI=1S/C14H13NS3/c15-8-7-10-3-4-13(17-10)14-6-5-12(18-14)11-2-1-9-16-11/h1-6,9H,7-8,15H2. The van der Waals surface area contributed by atoms with E-state index in [1.54, 1.807) is 11.3 Å². The van der Waals surface area contributed by atoms with Gasteiger partial charge in [0, 0.05) is 24.4 Å². The highest BCUT2D eigenvalue weighted by atomic mass is 32.1. The molecular weight excluding hydrogens is 278 g/mol. The average molecular weight is 291 g/mol. The Morgan fingerprint density at radius 3 is 2.28 bits per heavy atom. The molecule has 0 saturated heterocycles. The maximum Gasteiger partial charge on any atom is 0.0449 e. The van der Waals surface area contributed by atoms with Crippen molar-refractivity contribution in [2.45, 2.75) is 6.42 Å². The molecule has 4 heteroatoms. The van der Waals surface area contributed by atoms with Crippen molar-refractivity contribution in [2.75, 3.05) is 6.54 Å². The normalized spacial score (nSPS) is 10.9. The predicted molar refractivity (Wildman–Crippen MR) is 83.7 cm³/mol. The van der Waals surface area contributed by atoms with Gasteiger partial charge in [0.05, 0.1) is 0 Å². The van der Waals surface area contributed by atoms with E-state index in [-0.39, 0.29) is 0 Å². The quantitative estimate of drug-likeness (QED) is 0.740. The van der Waals surface area contributed by atoms with Gasteiger partial charge in [0.15, 0.2) is 0 Å². The molecule has 0 aromatic carbocycles. The van der Waals surface area contributed by atoms with Crippen LogP contribution in [0.25, 0.3) is 19.5 Å². The summed E-state index contributed by atoms with van der Waals surface area (Å²) in [6.07, 6.45) is 0.980. The summed E-state index contributed by atoms with van der Waals surface area (Å²) in [5, 5.41) is 2.12. The van der Waals surface area contributed by atoms with Crippen molar-refractivity contribution in [3.63, 3.8) is 0 Å². The highest BCUT2D eigenvalue weighted by Gasteiger charge is 2.07. The molecule has 3 aromatic rings. The second-order valence-electron chi connectivity index (χ2n) is 3.95. The molecule has 0 unspecified atom stereocenters. The molecule has 0 saturated carbocycles. The Morgan fingerprint density at radius 1 is 0.833 bits per heavy atom. The molecule has 18 heavy (non-hydrogen) atoms. The van der Waals surface area contributed by atoms with Gasteiger partial charge >= 0.3 is 0 Å². The highest BCUT2D eigenvalue weighted by molar-refractivity contribution is 7.26. The zero-order valence-electron chi connectivity index (χ0n) is 9.76. The molecule has 1 nitrogen and oxygen atoms in total. The molecule has 3 heterocycles. The minimum absolute atomic E-state index is 0.727. The number of hydrogen-bond acceptors (Lipinski definition) is 4. The zero-order valence-corrected chi connectivity index (χ0v) is 12.2. The van der Waals surface area contributed by atoms with Crippen molar-refractivity contribution < 1.29 is 0 Å². The number of thiophene rings is 3. The van der Waals surface area contributed by atoms with E-state index in [4.69, 9.17) is 5.73 Å². The van der Waals surface area contributed by atoms with Gasteiger partial charge in [-0.2, -0.15) is 0 Å². The molecular formula is C14H13NS3. The van der Waals surface area contributed by atoms with Gasteiger partial charge < -0.3 is 5.73 Å². The molecule has 0 amide bonds. The zero-order chi connectivity index (χ0) is 12.4. The predicted octanol–water partition coefficient (Wildman–Crippen LogP) is 4.71. The summed E-state index contributed by atoms with van der Waals surface area (Å²) < 4.78 is 0. The second kappa shape index (κ2) is 5.36. The van der Waals surface area contributed by atoms with Gasteiger partial charge in [-0.05, 0) is 48.7 Å². The summed E-state index contributed by atoms with van der Waals surface area (Å²) in [5.74, 6) is 0. The van der Waals surface area contributed by atoms with Crippen molar-refractivity contribution in [3.05, 3.63) is 46.7 Å². The van der Waals surface area contributed by atoms with E-state index in [2.05, 4.69) is 41.8 Å². The summed E-state index contributed by atoms with van der Waals surface area (Å²) in [6.45, 7) is 0.727. The van der Waals surface area contributed by atoms with E-state index in [0.29, 0.717) is 0 Å². The molecule has 0 aliphatic rings. The molecule has 0 radical (unpaired) electrons. The van der Waals surface area contributed by atoms with E-state index in [1.165, 1.54) is 24.4 Å². The Kier molecular flexibility index (Phi) is 3.61. The van der Waals surface area contributed by atoms with Crippen LogP contribution >= 0.6 is 34.0 Å². The molecule has 0 aliphatic carbocycles. The van der Waals surface area contributed by atoms with E-state index in [9.17, 15) is 0 Å². The van der Waals surface area contributed by atoms with Crippen molar-refractivity contribution in [1.82, 2.24) is 0 Å². The lowest BCUT2D eigenvalue weighted by Gasteiger charge is -1.91. The minimum Gasteiger partial charge on any atom is -0.330 e. The lowest BCUT2D eigenvalue weighted by Crippen LogP contribution is -2.00. The summed E-state index contributed by atoms with van der Waals surface area (Å²) in [7, 11) is 0. The fraction of sp³-hybridized carbons (Fsp3) is 0.143. The Hall–Kier alpha value is -0.940. The molecule has 0 spiro atoms. The van der Waals surface area contributed by atoms with Gasteiger partial charge in [0.2, 0.25) is 0 Å². The third kappa shape index (κ3) is 2.42. The molecule has 0 bridgehead atoms. The highest BCUT2D eigenvalue weighted by Crippen LogP contribution is 2.38. The third-order valence-corrected chi connectivity index (χ3v) is 6.16. The van der Waals surface area contributed by atoms with E-state index >= 15 is 0 Å². The van der Waals surface area contributed by atoms with Crippen molar-refractivity contribution in [3.8, 4) is 19.5 Å². The lowest BCUT2D eigenvalue weighted by atomic mass is 10.3. The minimum atomic E-state index is 0.727. The number of rotatable bonds is 4. The van der Waals surface area contributed by atoms with Crippen molar-refractivity contribution in [1.29, 1.82) is 0 Å². The van der Waals surface area contributed by atoms with Gasteiger partial charge in [-0.1, -0.05) is 6.07 Å². The third-order valence-electron chi connectivity index (χ3n) is 2.67. The van der Waals surface area contributed by atoms with E-state index in [1.807, 2.05) is 22.7 Å². The molecule has 2 N–H and O–H groups in total. The first kappa shape index (κ1) is 12.1. The molecule has 3 aromatic heterocycles. The Balaban J connectivity index is 1.88. The Labute approximate surface area is 119 Å². The van der Waals surface area contributed by atoms with Crippen LogP contribution in [0, 0.1) is 0 Å².